The maximum absolute atomic E-state index is 12.5. The average molecular weight is 380 g/mol. The molecule has 7 nitrogen and oxygen atoms in total. The van der Waals surface area contributed by atoms with E-state index in [2.05, 4.69) is 20.3 Å². The van der Waals surface area contributed by atoms with Crippen LogP contribution >= 0.6 is 11.6 Å². The number of nitrogens with zero attached hydrogens (tertiary/aromatic N) is 4. The summed E-state index contributed by atoms with van der Waals surface area (Å²) in [5, 5.41) is 12.8. The van der Waals surface area contributed by atoms with Gasteiger partial charge in [0, 0.05) is 24.3 Å². The highest BCUT2D eigenvalue weighted by Gasteiger charge is 2.35. The zero-order chi connectivity index (χ0) is 18.4. The molecule has 0 spiro atoms. The number of para-hydroxylation sites is 2. The third-order valence-electron chi connectivity index (χ3n) is 4.75. The Morgan fingerprint density at radius 1 is 1.15 bits per heavy atom. The highest BCUT2D eigenvalue weighted by atomic mass is 35.5. The maximum atomic E-state index is 12.5. The third-order valence-corrected chi connectivity index (χ3v) is 5.07. The van der Waals surface area contributed by atoms with E-state index in [1.165, 1.54) is 0 Å². The molecule has 1 fully saturated rings. The largest absolute Gasteiger partial charge is 0.332 e. The molecule has 1 N–H and O–H groups in total. The Hall–Kier alpha value is -3.19. The molecule has 5 rings (SSSR count). The van der Waals surface area contributed by atoms with Crippen LogP contribution in [-0.2, 0) is 4.79 Å². The number of halogens is 1. The molecular formula is C19H14ClN5O2. The van der Waals surface area contributed by atoms with Gasteiger partial charge >= 0.3 is 0 Å². The first-order valence-corrected chi connectivity index (χ1v) is 8.90. The van der Waals surface area contributed by atoms with Crippen LogP contribution in [0.1, 0.15) is 18.2 Å². The van der Waals surface area contributed by atoms with Crippen molar-refractivity contribution >= 4 is 34.1 Å². The van der Waals surface area contributed by atoms with Crippen molar-refractivity contribution in [1.82, 2.24) is 20.3 Å². The number of aromatic nitrogens is 4. The summed E-state index contributed by atoms with van der Waals surface area (Å²) in [4.78, 5) is 18.7. The van der Waals surface area contributed by atoms with Gasteiger partial charge in [-0.15, -0.1) is 0 Å². The fourth-order valence-corrected chi connectivity index (χ4v) is 3.65. The van der Waals surface area contributed by atoms with Crippen molar-refractivity contribution in [2.24, 2.45) is 0 Å². The van der Waals surface area contributed by atoms with E-state index in [1.54, 1.807) is 11.0 Å². The molecule has 2 aromatic heterocycles. The summed E-state index contributed by atoms with van der Waals surface area (Å²) >= 11 is 6.24. The molecule has 1 atom stereocenters. The zero-order valence-electron chi connectivity index (χ0n) is 14.1. The molecule has 8 heteroatoms. The second-order valence-electron chi connectivity index (χ2n) is 6.43. The smallest absolute Gasteiger partial charge is 0.279 e. The van der Waals surface area contributed by atoms with Gasteiger partial charge < -0.3 is 9.42 Å². The summed E-state index contributed by atoms with van der Waals surface area (Å²) in [6.45, 7) is 0.461. The van der Waals surface area contributed by atoms with E-state index in [4.69, 9.17) is 16.1 Å². The molecule has 1 aliphatic rings. The predicted octanol–water partition coefficient (Wildman–Crippen LogP) is 3.79. The molecule has 0 radical (unpaired) electrons. The highest BCUT2D eigenvalue weighted by molar-refractivity contribution is 6.33. The second-order valence-corrected chi connectivity index (χ2v) is 6.84. The van der Waals surface area contributed by atoms with Gasteiger partial charge in [0.2, 0.25) is 5.91 Å². The van der Waals surface area contributed by atoms with Crippen molar-refractivity contribution in [2.45, 2.75) is 12.3 Å². The molecule has 1 saturated heterocycles. The number of carbonyl (C=O) groups excluding carboxylic acids is 1. The minimum absolute atomic E-state index is 0.00957. The summed E-state index contributed by atoms with van der Waals surface area (Å²) in [6, 6.07) is 15.0. The molecule has 134 valence electrons. The third kappa shape index (κ3) is 2.67. The van der Waals surface area contributed by atoms with E-state index < -0.39 is 0 Å². The van der Waals surface area contributed by atoms with Gasteiger partial charge in [-0.05, 0) is 18.2 Å². The Bertz CT molecular complexity index is 1150. The molecule has 0 saturated carbocycles. The fourth-order valence-electron chi connectivity index (χ4n) is 3.41. The standard InChI is InChI=1S/C19H14ClN5O2/c20-13-6-2-4-8-15(13)25-10-11(9-16(25)26)18-21-19(27-24-18)17-12-5-1-3-7-14(12)22-23-17/h1-8,11H,9-10H2,(H,22,23). The van der Waals surface area contributed by atoms with Crippen LogP contribution in [0.2, 0.25) is 5.02 Å². The van der Waals surface area contributed by atoms with Crippen LogP contribution in [0.5, 0.6) is 0 Å². The number of carbonyl (C=O) groups is 1. The summed E-state index contributed by atoms with van der Waals surface area (Å²) in [7, 11) is 0. The number of fused-ring (bicyclic) bond motifs is 1. The van der Waals surface area contributed by atoms with E-state index in [0.29, 0.717) is 41.1 Å². The molecule has 0 aliphatic carbocycles. The van der Waals surface area contributed by atoms with Crippen molar-refractivity contribution in [3.63, 3.8) is 0 Å². The van der Waals surface area contributed by atoms with Crippen LogP contribution < -0.4 is 4.90 Å². The van der Waals surface area contributed by atoms with Crippen LogP contribution in [0.4, 0.5) is 5.69 Å². The van der Waals surface area contributed by atoms with E-state index in [-0.39, 0.29) is 11.8 Å². The van der Waals surface area contributed by atoms with Crippen molar-refractivity contribution < 1.29 is 9.32 Å². The van der Waals surface area contributed by atoms with Crippen molar-refractivity contribution in [3.8, 4) is 11.6 Å². The molecule has 2 aromatic carbocycles. The Morgan fingerprint density at radius 2 is 1.96 bits per heavy atom. The highest BCUT2D eigenvalue weighted by Crippen LogP contribution is 2.35. The normalized spacial score (nSPS) is 17.1. The first kappa shape index (κ1) is 16.0. The predicted molar refractivity (Wildman–Crippen MR) is 101 cm³/mol. The topological polar surface area (TPSA) is 87.9 Å². The van der Waals surface area contributed by atoms with Gasteiger partial charge in [0.25, 0.3) is 5.89 Å². The molecule has 4 aromatic rings. The lowest BCUT2D eigenvalue weighted by Crippen LogP contribution is -2.24. The number of hydrogen-bond acceptors (Lipinski definition) is 5. The lowest BCUT2D eigenvalue weighted by atomic mass is 10.1. The van der Waals surface area contributed by atoms with Gasteiger partial charge in [-0.25, -0.2) is 0 Å². The number of rotatable bonds is 3. The summed E-state index contributed by atoms with van der Waals surface area (Å²) in [5.74, 6) is 0.673. The van der Waals surface area contributed by atoms with E-state index in [1.807, 2.05) is 42.5 Å². The number of benzene rings is 2. The lowest BCUT2D eigenvalue weighted by Gasteiger charge is -2.17. The van der Waals surface area contributed by atoms with Crippen molar-refractivity contribution in [1.29, 1.82) is 0 Å². The molecule has 0 bridgehead atoms. The summed E-state index contributed by atoms with van der Waals surface area (Å²) < 4.78 is 5.43. The molecule has 1 aliphatic heterocycles. The van der Waals surface area contributed by atoms with Gasteiger partial charge in [-0.1, -0.05) is 47.1 Å². The van der Waals surface area contributed by atoms with Crippen LogP contribution in [0.3, 0.4) is 0 Å². The number of aromatic amines is 1. The van der Waals surface area contributed by atoms with Crippen LogP contribution in [0, 0.1) is 0 Å². The SMILES string of the molecule is O=C1CC(c2noc(-c3n[nH]c4ccccc34)n2)CN1c1ccccc1Cl. The maximum Gasteiger partial charge on any atom is 0.279 e. The van der Waals surface area contributed by atoms with Crippen LogP contribution in [-0.4, -0.2) is 32.8 Å². The Kier molecular flexibility index (Phi) is 3.68. The number of nitrogens with one attached hydrogen (secondary N) is 1. The minimum Gasteiger partial charge on any atom is -0.332 e. The molecule has 1 unspecified atom stereocenters. The van der Waals surface area contributed by atoms with Crippen molar-refractivity contribution in [3.05, 3.63) is 59.4 Å². The lowest BCUT2D eigenvalue weighted by molar-refractivity contribution is -0.117. The quantitative estimate of drug-likeness (QED) is 0.585. The van der Waals surface area contributed by atoms with Gasteiger partial charge in [0.1, 0.15) is 0 Å². The first-order chi connectivity index (χ1) is 13.2. The van der Waals surface area contributed by atoms with E-state index >= 15 is 0 Å². The number of anilines is 1. The monoisotopic (exact) mass is 379 g/mol. The van der Waals surface area contributed by atoms with Gasteiger partial charge in [-0.2, -0.15) is 10.1 Å². The van der Waals surface area contributed by atoms with E-state index in [0.717, 1.165) is 10.9 Å². The van der Waals surface area contributed by atoms with Gasteiger partial charge in [0.15, 0.2) is 11.5 Å². The first-order valence-electron chi connectivity index (χ1n) is 8.52. The average Bonchev–Trinajstić information content (AvgIpc) is 3.39. The van der Waals surface area contributed by atoms with Crippen LogP contribution in [0.15, 0.2) is 53.1 Å². The number of H-pyrrole nitrogens is 1. The molecular weight excluding hydrogens is 366 g/mol. The fraction of sp³-hybridized carbons (Fsp3) is 0.158. The summed E-state index contributed by atoms with van der Waals surface area (Å²) in [5.41, 5.74) is 2.21. The second kappa shape index (κ2) is 6.21. The number of amides is 1. The van der Waals surface area contributed by atoms with Gasteiger partial charge in [0.05, 0.1) is 16.2 Å². The minimum atomic E-state index is -0.156. The number of hydrogen-bond donors (Lipinski definition) is 1. The molecule has 27 heavy (non-hydrogen) atoms. The summed E-state index contributed by atoms with van der Waals surface area (Å²) in [6.07, 6.45) is 0.311. The zero-order valence-corrected chi connectivity index (χ0v) is 14.8. The van der Waals surface area contributed by atoms with Crippen molar-refractivity contribution in [2.75, 3.05) is 11.4 Å². The Labute approximate surface area is 158 Å². The van der Waals surface area contributed by atoms with Crippen LogP contribution in [0.25, 0.3) is 22.5 Å². The Morgan fingerprint density at radius 3 is 2.85 bits per heavy atom. The molecule has 1 amide bonds. The Balaban J connectivity index is 1.44. The molecule has 3 heterocycles. The van der Waals surface area contributed by atoms with E-state index in [9.17, 15) is 4.79 Å². The van der Waals surface area contributed by atoms with Gasteiger partial charge in [-0.3, -0.25) is 9.89 Å².